The van der Waals surface area contributed by atoms with Gasteiger partial charge in [-0.05, 0) is 17.7 Å². The van der Waals surface area contributed by atoms with Crippen molar-refractivity contribution in [2.75, 3.05) is 20.8 Å². The minimum Gasteiger partial charge on any atom is -0.502 e. The van der Waals surface area contributed by atoms with Crippen LogP contribution >= 0.6 is 12.4 Å². The molecule has 7 heteroatoms. The summed E-state index contributed by atoms with van der Waals surface area (Å²) in [7, 11) is 2.92. The van der Waals surface area contributed by atoms with E-state index in [9.17, 15) is 9.90 Å². The third-order valence-electron chi connectivity index (χ3n) is 2.84. The van der Waals surface area contributed by atoms with Gasteiger partial charge in [0, 0.05) is 6.42 Å². The Kier molecular flexibility index (Phi) is 5.11. The minimum absolute atomic E-state index is 0. The Bertz CT molecular complexity index is 440. The van der Waals surface area contributed by atoms with Crippen molar-refractivity contribution in [1.82, 2.24) is 5.32 Å². The highest BCUT2D eigenvalue weighted by Gasteiger charge is 2.23. The quantitative estimate of drug-likeness (QED) is 0.890. The van der Waals surface area contributed by atoms with Gasteiger partial charge in [0.1, 0.15) is 0 Å². The number of rotatable bonds is 3. The summed E-state index contributed by atoms with van der Waals surface area (Å²) < 4.78 is 14.9. The van der Waals surface area contributed by atoms with Crippen molar-refractivity contribution in [2.45, 2.75) is 12.5 Å². The summed E-state index contributed by atoms with van der Waals surface area (Å²) in [6.07, 6.45) is 0.209. The molecule has 0 radical (unpaired) electrons. The molecule has 0 aliphatic carbocycles. The van der Waals surface area contributed by atoms with Crippen LogP contribution in [0.2, 0.25) is 0 Å². The maximum absolute atomic E-state index is 11.2. The number of amides is 1. The molecule has 1 heterocycles. The lowest BCUT2D eigenvalue weighted by Gasteiger charge is -2.24. The molecular weight excluding hydrogens is 274 g/mol. The number of benzene rings is 1. The Labute approximate surface area is 117 Å². The number of hydrogen-bond acceptors (Lipinski definition) is 5. The number of aromatic hydroxyl groups is 1. The van der Waals surface area contributed by atoms with Crippen LogP contribution in [0.1, 0.15) is 18.0 Å². The molecule has 0 spiro atoms. The maximum atomic E-state index is 11.2. The molecule has 0 bridgehead atoms. The van der Waals surface area contributed by atoms with Crippen LogP contribution in [0.25, 0.3) is 0 Å². The monoisotopic (exact) mass is 289 g/mol. The predicted molar refractivity (Wildman–Crippen MR) is 70.3 cm³/mol. The summed E-state index contributed by atoms with van der Waals surface area (Å²) in [5, 5.41) is 12.5. The Balaban J connectivity index is 0.00000180. The zero-order valence-electron chi connectivity index (χ0n) is 10.6. The molecule has 1 atom stereocenters. The minimum atomic E-state index is -0.447. The number of carbonyl (C=O) groups is 1. The zero-order valence-corrected chi connectivity index (χ0v) is 11.5. The first-order chi connectivity index (χ1) is 8.65. The fourth-order valence-electron chi connectivity index (χ4n) is 1.89. The molecule has 1 aliphatic heterocycles. The Hall–Kier alpha value is -1.82. The first-order valence-electron chi connectivity index (χ1n) is 5.54. The van der Waals surface area contributed by atoms with E-state index in [1.54, 1.807) is 12.1 Å². The SMILES string of the molecule is COc1cc([C@H]2CCOC(=O)N2)cc(OC)c1O.Cl. The molecule has 1 fully saturated rings. The highest BCUT2D eigenvalue weighted by atomic mass is 35.5. The van der Waals surface area contributed by atoms with E-state index >= 15 is 0 Å². The summed E-state index contributed by atoms with van der Waals surface area (Å²) in [5.41, 5.74) is 0.804. The summed E-state index contributed by atoms with van der Waals surface area (Å²) in [4.78, 5) is 11.2. The zero-order chi connectivity index (χ0) is 13.1. The summed E-state index contributed by atoms with van der Waals surface area (Å²) in [6, 6.07) is 3.18. The van der Waals surface area contributed by atoms with Gasteiger partial charge in [-0.25, -0.2) is 4.79 Å². The van der Waals surface area contributed by atoms with Crippen LogP contribution in [0.5, 0.6) is 17.2 Å². The first kappa shape index (κ1) is 15.2. The van der Waals surface area contributed by atoms with Crippen LogP contribution in [-0.2, 0) is 4.74 Å². The number of alkyl carbamates (subject to hydrolysis) is 1. The molecule has 19 heavy (non-hydrogen) atoms. The maximum Gasteiger partial charge on any atom is 0.407 e. The highest BCUT2D eigenvalue weighted by Crippen LogP contribution is 2.39. The third kappa shape index (κ3) is 3.14. The van der Waals surface area contributed by atoms with Gasteiger partial charge >= 0.3 is 6.09 Å². The first-order valence-corrected chi connectivity index (χ1v) is 5.54. The molecule has 2 N–H and O–H groups in total. The van der Waals surface area contributed by atoms with Gasteiger partial charge in [-0.2, -0.15) is 0 Å². The molecule has 0 saturated carbocycles. The summed E-state index contributed by atoms with van der Waals surface area (Å²) in [5.74, 6) is 0.567. The number of nitrogens with one attached hydrogen (secondary N) is 1. The molecule has 2 rings (SSSR count). The van der Waals surface area contributed by atoms with Gasteiger partial charge in [0.25, 0.3) is 0 Å². The number of ether oxygens (including phenoxy) is 3. The molecule has 1 aromatic carbocycles. The van der Waals surface area contributed by atoms with E-state index in [1.165, 1.54) is 14.2 Å². The lowest BCUT2D eigenvalue weighted by atomic mass is 10.0. The van der Waals surface area contributed by atoms with Gasteiger partial charge in [-0.1, -0.05) is 0 Å². The van der Waals surface area contributed by atoms with Gasteiger partial charge in [0.2, 0.25) is 5.75 Å². The second-order valence-corrected chi connectivity index (χ2v) is 3.90. The van der Waals surface area contributed by atoms with Crippen LogP contribution < -0.4 is 14.8 Å². The molecule has 1 amide bonds. The van der Waals surface area contributed by atoms with Crippen molar-refractivity contribution in [3.8, 4) is 17.2 Å². The van der Waals surface area contributed by atoms with Crippen molar-refractivity contribution in [1.29, 1.82) is 0 Å². The van der Waals surface area contributed by atoms with Crippen molar-refractivity contribution in [2.24, 2.45) is 0 Å². The fraction of sp³-hybridized carbons (Fsp3) is 0.417. The molecule has 1 aliphatic rings. The molecule has 1 saturated heterocycles. The number of hydrogen-bond donors (Lipinski definition) is 2. The van der Waals surface area contributed by atoms with Gasteiger partial charge in [-0.3, -0.25) is 0 Å². The van der Waals surface area contributed by atoms with Crippen LogP contribution in [0.15, 0.2) is 12.1 Å². The predicted octanol–water partition coefficient (Wildman–Crippen LogP) is 2.00. The lowest BCUT2D eigenvalue weighted by Crippen LogP contribution is -2.35. The van der Waals surface area contributed by atoms with Crippen LogP contribution in [0.3, 0.4) is 0 Å². The Morgan fingerprint density at radius 2 is 1.89 bits per heavy atom. The summed E-state index contributed by atoms with van der Waals surface area (Å²) in [6.45, 7) is 0.363. The number of methoxy groups -OCH3 is 2. The van der Waals surface area contributed by atoms with Gasteiger partial charge in [0.15, 0.2) is 11.5 Å². The van der Waals surface area contributed by atoms with E-state index in [0.29, 0.717) is 24.5 Å². The molecular formula is C12H16ClNO5. The normalized spacial score (nSPS) is 17.8. The van der Waals surface area contributed by atoms with E-state index < -0.39 is 6.09 Å². The van der Waals surface area contributed by atoms with Gasteiger partial charge < -0.3 is 24.6 Å². The van der Waals surface area contributed by atoms with E-state index in [-0.39, 0.29) is 24.2 Å². The standard InChI is InChI=1S/C12H15NO5.ClH/c1-16-9-5-7(6-10(17-2)11(9)14)8-3-4-18-12(15)13-8;/h5-6,8,14H,3-4H2,1-2H3,(H,13,15);1H/t8-;/m1./s1. The van der Waals surface area contributed by atoms with Crippen molar-refractivity contribution < 1.29 is 24.1 Å². The largest absolute Gasteiger partial charge is 0.502 e. The average Bonchev–Trinajstić information content (AvgIpc) is 2.39. The number of carbonyl (C=O) groups excluding carboxylic acids is 1. The number of phenolic OH excluding ortho intramolecular Hbond substituents is 1. The van der Waals surface area contributed by atoms with Crippen LogP contribution in [0.4, 0.5) is 4.79 Å². The number of phenols is 1. The van der Waals surface area contributed by atoms with Gasteiger partial charge in [-0.15, -0.1) is 12.4 Å². The molecule has 106 valence electrons. The van der Waals surface area contributed by atoms with Crippen molar-refractivity contribution in [3.05, 3.63) is 17.7 Å². The topological polar surface area (TPSA) is 77.0 Å². The van der Waals surface area contributed by atoms with Crippen molar-refractivity contribution in [3.63, 3.8) is 0 Å². The van der Waals surface area contributed by atoms with E-state index in [0.717, 1.165) is 5.56 Å². The highest BCUT2D eigenvalue weighted by molar-refractivity contribution is 5.85. The number of cyclic esters (lactones) is 1. The number of halogens is 1. The smallest absolute Gasteiger partial charge is 0.407 e. The molecule has 0 unspecified atom stereocenters. The molecule has 0 aromatic heterocycles. The van der Waals surface area contributed by atoms with Crippen LogP contribution in [-0.4, -0.2) is 32.0 Å². The Morgan fingerprint density at radius 1 is 1.32 bits per heavy atom. The van der Waals surface area contributed by atoms with Gasteiger partial charge in [0.05, 0.1) is 26.9 Å². The van der Waals surface area contributed by atoms with Crippen molar-refractivity contribution >= 4 is 18.5 Å². The Morgan fingerprint density at radius 3 is 2.37 bits per heavy atom. The third-order valence-corrected chi connectivity index (χ3v) is 2.84. The average molecular weight is 290 g/mol. The van der Waals surface area contributed by atoms with Crippen LogP contribution in [0, 0.1) is 0 Å². The second kappa shape index (κ2) is 6.38. The van der Waals surface area contributed by atoms with E-state index in [2.05, 4.69) is 5.32 Å². The lowest BCUT2D eigenvalue weighted by molar-refractivity contribution is 0.115. The van der Waals surface area contributed by atoms with E-state index in [4.69, 9.17) is 14.2 Å². The van der Waals surface area contributed by atoms with E-state index in [1.807, 2.05) is 0 Å². The second-order valence-electron chi connectivity index (χ2n) is 3.90. The molecule has 1 aromatic rings. The molecule has 6 nitrogen and oxygen atoms in total. The fourth-order valence-corrected chi connectivity index (χ4v) is 1.89. The summed E-state index contributed by atoms with van der Waals surface area (Å²) >= 11 is 0.